The average Bonchev–Trinajstić information content (AvgIpc) is 2.67. The first kappa shape index (κ1) is 17.3. The van der Waals surface area contributed by atoms with E-state index in [1.807, 2.05) is 27.7 Å². The van der Waals surface area contributed by atoms with Crippen molar-refractivity contribution in [2.24, 2.45) is 5.41 Å². The van der Waals surface area contributed by atoms with Crippen LogP contribution in [0.4, 0.5) is 0 Å². The van der Waals surface area contributed by atoms with Crippen molar-refractivity contribution < 1.29 is 19.1 Å². The van der Waals surface area contributed by atoms with E-state index in [-0.39, 0.29) is 16.9 Å². The minimum Gasteiger partial charge on any atom is -0.457 e. The normalized spacial score (nSPS) is 35.9. The van der Waals surface area contributed by atoms with Crippen LogP contribution in [-0.2, 0) is 19.1 Å². The largest absolute Gasteiger partial charge is 0.457 e. The van der Waals surface area contributed by atoms with E-state index in [4.69, 9.17) is 9.47 Å². The van der Waals surface area contributed by atoms with Crippen molar-refractivity contribution >= 4 is 11.9 Å². The molecular formula is C17H29NO4. The second kappa shape index (κ2) is 4.47. The number of esters is 2. The van der Waals surface area contributed by atoms with Gasteiger partial charge < -0.3 is 9.47 Å². The Morgan fingerprint density at radius 3 is 2.05 bits per heavy atom. The van der Waals surface area contributed by atoms with Crippen molar-refractivity contribution in [2.75, 3.05) is 0 Å². The van der Waals surface area contributed by atoms with Gasteiger partial charge in [-0.25, -0.2) is 9.59 Å². The van der Waals surface area contributed by atoms with Gasteiger partial charge in [0.25, 0.3) is 0 Å². The van der Waals surface area contributed by atoms with E-state index < -0.39 is 22.7 Å². The Morgan fingerprint density at radius 2 is 1.73 bits per heavy atom. The SMILES string of the molecule is CC(C)(C)CC1(C(=O)OC2(C)CC(C)(C)OC2=O)NC1(C)C. The number of hydrogen-bond donors (Lipinski definition) is 1. The molecule has 5 nitrogen and oxygen atoms in total. The van der Waals surface area contributed by atoms with Crippen LogP contribution in [0.25, 0.3) is 0 Å². The van der Waals surface area contributed by atoms with Crippen molar-refractivity contribution in [3.8, 4) is 0 Å². The van der Waals surface area contributed by atoms with E-state index in [0.717, 1.165) is 0 Å². The molecule has 0 radical (unpaired) electrons. The van der Waals surface area contributed by atoms with Gasteiger partial charge in [0.05, 0.1) is 0 Å². The molecule has 2 rings (SSSR count). The van der Waals surface area contributed by atoms with Crippen molar-refractivity contribution in [2.45, 2.75) is 90.5 Å². The van der Waals surface area contributed by atoms with Gasteiger partial charge in [0.1, 0.15) is 11.1 Å². The molecule has 0 saturated carbocycles. The summed E-state index contributed by atoms with van der Waals surface area (Å²) in [5, 5.41) is 3.28. The number of ether oxygens (including phenoxy) is 2. The first-order valence-electron chi connectivity index (χ1n) is 7.89. The van der Waals surface area contributed by atoms with Gasteiger partial charge in [-0.15, -0.1) is 0 Å². The van der Waals surface area contributed by atoms with Gasteiger partial charge >= 0.3 is 11.9 Å². The molecule has 2 fully saturated rings. The van der Waals surface area contributed by atoms with Crippen LogP contribution in [0.2, 0.25) is 0 Å². The molecule has 0 aromatic carbocycles. The Kier molecular flexibility index (Phi) is 3.50. The number of carbonyl (C=O) groups excluding carboxylic acids is 2. The summed E-state index contributed by atoms with van der Waals surface area (Å²) < 4.78 is 11.0. The van der Waals surface area contributed by atoms with Gasteiger partial charge in [-0.05, 0) is 46.5 Å². The first-order valence-corrected chi connectivity index (χ1v) is 7.89. The number of carbonyl (C=O) groups is 2. The Hall–Kier alpha value is -1.10. The number of nitrogens with one attached hydrogen (secondary N) is 1. The molecule has 0 bridgehead atoms. The zero-order valence-electron chi connectivity index (χ0n) is 15.0. The smallest absolute Gasteiger partial charge is 0.351 e. The molecule has 2 aliphatic rings. The Bertz CT molecular complexity index is 517. The lowest BCUT2D eigenvalue weighted by Crippen LogP contribution is -2.45. The summed E-state index contributed by atoms with van der Waals surface area (Å²) in [6.45, 7) is 15.5. The maximum Gasteiger partial charge on any atom is 0.351 e. The zero-order chi connectivity index (χ0) is 17.2. The van der Waals surface area contributed by atoms with Gasteiger partial charge in [0.15, 0.2) is 0 Å². The zero-order valence-corrected chi connectivity index (χ0v) is 15.0. The molecule has 2 unspecified atom stereocenters. The lowest BCUT2D eigenvalue weighted by molar-refractivity contribution is -0.174. The summed E-state index contributed by atoms with van der Waals surface area (Å²) in [5.74, 6) is -0.820. The van der Waals surface area contributed by atoms with Crippen LogP contribution in [-0.4, -0.2) is 34.2 Å². The third kappa shape index (κ3) is 2.87. The molecule has 0 aliphatic carbocycles. The second-order valence-electron chi connectivity index (χ2n) is 9.34. The number of rotatable bonds is 3. The minimum atomic E-state index is -1.20. The third-order valence-electron chi connectivity index (χ3n) is 4.56. The molecule has 2 aliphatic heterocycles. The fourth-order valence-electron chi connectivity index (χ4n) is 3.59. The second-order valence-corrected chi connectivity index (χ2v) is 9.34. The quantitative estimate of drug-likeness (QED) is 0.640. The summed E-state index contributed by atoms with van der Waals surface area (Å²) in [4.78, 5) is 25.0. The highest BCUT2D eigenvalue weighted by molar-refractivity contribution is 5.92. The highest BCUT2D eigenvalue weighted by Gasteiger charge is 2.69. The van der Waals surface area contributed by atoms with Crippen LogP contribution in [0.5, 0.6) is 0 Å². The fourth-order valence-corrected chi connectivity index (χ4v) is 3.59. The lowest BCUT2D eigenvalue weighted by atomic mass is 9.79. The van der Waals surface area contributed by atoms with E-state index >= 15 is 0 Å². The molecular weight excluding hydrogens is 282 g/mol. The molecule has 0 aromatic rings. The van der Waals surface area contributed by atoms with Crippen LogP contribution in [0.1, 0.15) is 68.2 Å². The van der Waals surface area contributed by atoms with Gasteiger partial charge in [0, 0.05) is 12.0 Å². The predicted molar refractivity (Wildman–Crippen MR) is 83.3 cm³/mol. The van der Waals surface area contributed by atoms with E-state index in [1.165, 1.54) is 0 Å². The third-order valence-corrected chi connectivity index (χ3v) is 4.56. The lowest BCUT2D eigenvalue weighted by Gasteiger charge is -2.29. The van der Waals surface area contributed by atoms with E-state index in [0.29, 0.717) is 12.8 Å². The van der Waals surface area contributed by atoms with Crippen molar-refractivity contribution in [3.05, 3.63) is 0 Å². The van der Waals surface area contributed by atoms with Crippen LogP contribution in [0, 0.1) is 5.41 Å². The van der Waals surface area contributed by atoms with Crippen molar-refractivity contribution in [1.82, 2.24) is 5.32 Å². The fraction of sp³-hybridized carbons (Fsp3) is 0.882. The molecule has 126 valence electrons. The predicted octanol–water partition coefficient (Wildman–Crippen LogP) is 2.57. The van der Waals surface area contributed by atoms with E-state index in [2.05, 4.69) is 26.1 Å². The highest BCUT2D eigenvalue weighted by atomic mass is 16.6. The Labute approximate surface area is 133 Å². The van der Waals surface area contributed by atoms with Gasteiger partial charge in [-0.1, -0.05) is 20.8 Å². The monoisotopic (exact) mass is 311 g/mol. The number of hydrogen-bond acceptors (Lipinski definition) is 5. The molecule has 22 heavy (non-hydrogen) atoms. The van der Waals surface area contributed by atoms with E-state index in [1.54, 1.807) is 6.92 Å². The average molecular weight is 311 g/mol. The summed E-state index contributed by atoms with van der Waals surface area (Å²) >= 11 is 0. The van der Waals surface area contributed by atoms with E-state index in [9.17, 15) is 9.59 Å². The molecule has 2 atom stereocenters. The molecule has 5 heteroatoms. The van der Waals surface area contributed by atoms with Gasteiger partial charge in [-0.2, -0.15) is 0 Å². The highest BCUT2D eigenvalue weighted by Crippen LogP contribution is 2.48. The molecule has 2 saturated heterocycles. The van der Waals surface area contributed by atoms with Crippen LogP contribution in [0.15, 0.2) is 0 Å². The first-order chi connectivity index (χ1) is 9.63. The summed E-state index contributed by atoms with van der Waals surface area (Å²) in [6.07, 6.45) is 1.02. The standard InChI is InChI=1S/C17H29NO4/c1-13(2,3)9-17(15(6,7)18-17)12(20)22-16(8)10-14(4,5)21-11(16)19/h18H,9-10H2,1-8H3. The number of cyclic esters (lactones) is 1. The molecule has 0 spiro atoms. The van der Waals surface area contributed by atoms with Crippen LogP contribution >= 0.6 is 0 Å². The van der Waals surface area contributed by atoms with Crippen molar-refractivity contribution in [1.29, 1.82) is 0 Å². The van der Waals surface area contributed by atoms with Gasteiger partial charge in [-0.3, -0.25) is 5.32 Å². The van der Waals surface area contributed by atoms with Crippen molar-refractivity contribution in [3.63, 3.8) is 0 Å². The molecule has 2 heterocycles. The summed E-state index contributed by atoms with van der Waals surface area (Å²) in [7, 11) is 0. The Balaban J connectivity index is 2.19. The molecule has 0 aromatic heterocycles. The Morgan fingerprint density at radius 1 is 1.23 bits per heavy atom. The maximum atomic E-state index is 12.8. The maximum absolute atomic E-state index is 12.8. The van der Waals surface area contributed by atoms with Crippen LogP contribution in [0.3, 0.4) is 0 Å². The summed E-state index contributed by atoms with van der Waals surface area (Å²) in [6, 6.07) is 0. The minimum absolute atomic E-state index is 0.0316. The topological polar surface area (TPSA) is 74.5 Å². The summed E-state index contributed by atoms with van der Waals surface area (Å²) in [5.41, 5.74) is -2.90. The molecule has 0 amide bonds. The van der Waals surface area contributed by atoms with Crippen LogP contribution < -0.4 is 5.32 Å². The van der Waals surface area contributed by atoms with Gasteiger partial charge in [0.2, 0.25) is 5.60 Å². The molecule has 1 N–H and O–H groups in total.